The molecule has 2 fully saturated rings. The molecule has 31 heavy (non-hydrogen) atoms. The number of nitrogens with zero attached hydrogens (tertiary/aromatic N) is 6. The molecule has 0 bridgehead atoms. The molecule has 2 saturated heterocycles. The summed E-state index contributed by atoms with van der Waals surface area (Å²) >= 11 is 0. The van der Waals surface area contributed by atoms with E-state index < -0.39 is 0 Å². The first-order valence-electron chi connectivity index (χ1n) is 12.2. The number of anilines is 1. The predicted octanol–water partition coefficient (Wildman–Crippen LogP) is 3.86. The van der Waals surface area contributed by atoms with Crippen molar-refractivity contribution in [2.45, 2.75) is 71.4 Å². The van der Waals surface area contributed by atoms with Crippen molar-refractivity contribution in [3.63, 3.8) is 0 Å². The first-order chi connectivity index (χ1) is 15.1. The van der Waals surface area contributed by atoms with Crippen LogP contribution in [0.15, 0.2) is 22.7 Å². The molecule has 7 heteroatoms. The zero-order chi connectivity index (χ0) is 21.6. The SMILES string of the molecule is CCCCc1nc(-c2cccc(N3CCCN(C4CCN(C(C)C)CC4)CC3)n2)no1. The van der Waals surface area contributed by atoms with E-state index in [0.717, 1.165) is 56.5 Å². The maximum Gasteiger partial charge on any atom is 0.227 e. The fraction of sp³-hybridized carbons (Fsp3) is 0.708. The summed E-state index contributed by atoms with van der Waals surface area (Å²) in [5.41, 5.74) is 0.797. The lowest BCUT2D eigenvalue weighted by atomic mass is 10.0. The molecule has 4 heterocycles. The van der Waals surface area contributed by atoms with Gasteiger partial charge in [-0.2, -0.15) is 4.98 Å². The molecule has 170 valence electrons. The van der Waals surface area contributed by atoms with Crippen LogP contribution in [-0.4, -0.2) is 76.3 Å². The van der Waals surface area contributed by atoms with Gasteiger partial charge in [-0.1, -0.05) is 24.6 Å². The van der Waals surface area contributed by atoms with E-state index in [9.17, 15) is 0 Å². The highest BCUT2D eigenvalue weighted by molar-refractivity contribution is 5.53. The third kappa shape index (κ3) is 5.63. The van der Waals surface area contributed by atoms with Crippen molar-refractivity contribution < 1.29 is 4.52 Å². The van der Waals surface area contributed by atoms with Gasteiger partial charge in [-0.05, 0) is 64.8 Å². The molecule has 0 radical (unpaired) electrons. The summed E-state index contributed by atoms with van der Waals surface area (Å²) in [6, 6.07) is 7.54. The fourth-order valence-electron chi connectivity index (χ4n) is 4.81. The molecule has 2 aromatic rings. The number of aromatic nitrogens is 3. The summed E-state index contributed by atoms with van der Waals surface area (Å²) in [7, 11) is 0. The summed E-state index contributed by atoms with van der Waals surface area (Å²) < 4.78 is 5.41. The highest BCUT2D eigenvalue weighted by Crippen LogP contribution is 2.23. The van der Waals surface area contributed by atoms with Crippen molar-refractivity contribution in [2.24, 2.45) is 0 Å². The Morgan fingerprint density at radius 3 is 2.65 bits per heavy atom. The van der Waals surface area contributed by atoms with Crippen LogP contribution in [0.3, 0.4) is 0 Å². The maximum absolute atomic E-state index is 5.41. The van der Waals surface area contributed by atoms with E-state index in [1.165, 1.54) is 38.9 Å². The molecule has 2 aliphatic rings. The standard InChI is InChI=1S/C24H38N6O/c1-4-5-10-23-26-24(27-31-23)21-8-6-9-22(25-21)30-14-7-13-29(17-18-30)20-11-15-28(16-12-20)19(2)3/h6,8-9,19-20H,4-5,7,10-18H2,1-3H3. The van der Waals surface area contributed by atoms with Gasteiger partial charge in [-0.3, -0.25) is 4.90 Å². The molecule has 2 aromatic heterocycles. The summed E-state index contributed by atoms with van der Waals surface area (Å²) in [4.78, 5) is 17.2. The van der Waals surface area contributed by atoms with Gasteiger partial charge in [0.15, 0.2) is 0 Å². The van der Waals surface area contributed by atoms with Gasteiger partial charge in [0, 0.05) is 44.7 Å². The van der Waals surface area contributed by atoms with Gasteiger partial charge in [-0.25, -0.2) is 4.98 Å². The second-order valence-electron chi connectivity index (χ2n) is 9.23. The maximum atomic E-state index is 5.41. The van der Waals surface area contributed by atoms with Gasteiger partial charge >= 0.3 is 0 Å². The number of pyridine rings is 1. The molecule has 0 spiro atoms. The lowest BCUT2D eigenvalue weighted by Gasteiger charge is -2.39. The van der Waals surface area contributed by atoms with Crippen LogP contribution in [0.25, 0.3) is 11.5 Å². The van der Waals surface area contributed by atoms with E-state index >= 15 is 0 Å². The predicted molar refractivity (Wildman–Crippen MR) is 124 cm³/mol. The molecule has 4 rings (SSSR count). The van der Waals surface area contributed by atoms with Crippen LogP contribution in [0.5, 0.6) is 0 Å². The number of hydrogen-bond acceptors (Lipinski definition) is 7. The molecule has 0 atom stereocenters. The van der Waals surface area contributed by atoms with Crippen molar-refractivity contribution in [1.29, 1.82) is 0 Å². The molecule has 7 nitrogen and oxygen atoms in total. The van der Waals surface area contributed by atoms with E-state index in [1.807, 2.05) is 6.07 Å². The summed E-state index contributed by atoms with van der Waals surface area (Å²) in [5, 5.41) is 4.16. The zero-order valence-corrected chi connectivity index (χ0v) is 19.5. The van der Waals surface area contributed by atoms with E-state index in [0.29, 0.717) is 17.8 Å². The summed E-state index contributed by atoms with van der Waals surface area (Å²) in [6.07, 6.45) is 6.79. The molecule has 0 aromatic carbocycles. The molecular weight excluding hydrogens is 388 g/mol. The highest BCUT2D eigenvalue weighted by Gasteiger charge is 2.27. The van der Waals surface area contributed by atoms with Crippen LogP contribution >= 0.6 is 0 Å². The molecular formula is C24H38N6O. The Kier molecular flexibility index (Phi) is 7.56. The summed E-state index contributed by atoms with van der Waals surface area (Å²) in [6.45, 7) is 13.6. The minimum atomic E-state index is 0.598. The van der Waals surface area contributed by atoms with E-state index in [-0.39, 0.29) is 0 Å². The average molecular weight is 427 g/mol. The number of piperidine rings is 1. The lowest BCUT2D eigenvalue weighted by molar-refractivity contribution is 0.0965. The van der Waals surface area contributed by atoms with Crippen LogP contribution in [0.2, 0.25) is 0 Å². The Morgan fingerprint density at radius 1 is 1.03 bits per heavy atom. The van der Waals surface area contributed by atoms with E-state index in [1.54, 1.807) is 0 Å². The van der Waals surface area contributed by atoms with Crippen LogP contribution in [-0.2, 0) is 6.42 Å². The third-order valence-electron chi connectivity index (χ3n) is 6.78. The van der Waals surface area contributed by atoms with Gasteiger partial charge in [-0.15, -0.1) is 0 Å². The molecule has 0 unspecified atom stereocenters. The molecule has 0 N–H and O–H groups in total. The number of unbranched alkanes of at least 4 members (excludes halogenated alkanes) is 1. The third-order valence-corrected chi connectivity index (χ3v) is 6.78. The molecule has 0 saturated carbocycles. The topological polar surface area (TPSA) is 61.5 Å². The largest absolute Gasteiger partial charge is 0.355 e. The molecule has 0 amide bonds. The Morgan fingerprint density at radius 2 is 1.87 bits per heavy atom. The molecule has 0 aliphatic carbocycles. The first kappa shape index (κ1) is 22.2. The van der Waals surface area contributed by atoms with Crippen molar-refractivity contribution in [2.75, 3.05) is 44.2 Å². The summed E-state index contributed by atoms with van der Waals surface area (Å²) in [5.74, 6) is 2.33. The van der Waals surface area contributed by atoms with Gasteiger partial charge in [0.2, 0.25) is 11.7 Å². The van der Waals surface area contributed by atoms with Crippen molar-refractivity contribution in [3.05, 3.63) is 24.1 Å². The van der Waals surface area contributed by atoms with Crippen LogP contribution in [0.4, 0.5) is 5.82 Å². The van der Waals surface area contributed by atoms with Gasteiger partial charge in [0.25, 0.3) is 0 Å². The van der Waals surface area contributed by atoms with Gasteiger partial charge < -0.3 is 14.3 Å². The second kappa shape index (κ2) is 10.6. The number of rotatable bonds is 7. The normalized spacial score (nSPS) is 19.8. The quantitative estimate of drug-likeness (QED) is 0.666. The van der Waals surface area contributed by atoms with E-state index in [2.05, 4.69) is 57.7 Å². The monoisotopic (exact) mass is 426 g/mol. The number of likely N-dealkylation sites (tertiary alicyclic amines) is 1. The average Bonchev–Trinajstić information content (AvgIpc) is 3.14. The van der Waals surface area contributed by atoms with Gasteiger partial charge in [0.1, 0.15) is 11.5 Å². The van der Waals surface area contributed by atoms with Crippen LogP contribution in [0.1, 0.15) is 58.8 Å². The first-order valence-corrected chi connectivity index (χ1v) is 12.2. The lowest BCUT2D eigenvalue weighted by Crippen LogP contribution is -2.47. The number of hydrogen-bond donors (Lipinski definition) is 0. The second-order valence-corrected chi connectivity index (χ2v) is 9.23. The van der Waals surface area contributed by atoms with Crippen molar-refractivity contribution in [1.82, 2.24) is 24.9 Å². The van der Waals surface area contributed by atoms with Gasteiger partial charge in [0.05, 0.1) is 0 Å². The zero-order valence-electron chi connectivity index (χ0n) is 19.5. The Hall–Kier alpha value is -1.99. The minimum absolute atomic E-state index is 0.598. The molecule has 2 aliphatic heterocycles. The Balaban J connectivity index is 1.36. The Labute approximate surface area is 186 Å². The fourth-order valence-corrected chi connectivity index (χ4v) is 4.81. The van der Waals surface area contributed by atoms with Crippen molar-refractivity contribution >= 4 is 5.82 Å². The van der Waals surface area contributed by atoms with E-state index in [4.69, 9.17) is 9.51 Å². The van der Waals surface area contributed by atoms with Crippen molar-refractivity contribution in [3.8, 4) is 11.5 Å². The Bertz CT molecular complexity index is 814. The highest BCUT2D eigenvalue weighted by atomic mass is 16.5. The smallest absolute Gasteiger partial charge is 0.227 e. The minimum Gasteiger partial charge on any atom is -0.355 e. The van der Waals surface area contributed by atoms with Crippen LogP contribution < -0.4 is 4.90 Å². The van der Waals surface area contributed by atoms with Crippen LogP contribution in [0, 0.1) is 0 Å². The number of aryl methyl sites for hydroxylation is 1.